The SMILES string of the molecule is Cc1ccc(-c2ccc3c4ccccc4n(-c4cc(-c5nc(C)nc(C)n5)cc(-n5c6ccccc6c6ccc(-c7ccc(C)cc7C)cc65)c4C#N)c3c2)c(C)c1. The van der Waals surface area contributed by atoms with E-state index in [-0.39, 0.29) is 0 Å². The van der Waals surface area contributed by atoms with Crippen LogP contribution < -0.4 is 0 Å². The van der Waals surface area contributed by atoms with Crippen molar-refractivity contribution in [2.75, 3.05) is 0 Å². The number of nitriles is 1. The lowest BCUT2D eigenvalue weighted by molar-refractivity contribution is 0.927. The van der Waals surface area contributed by atoms with Gasteiger partial charge >= 0.3 is 0 Å². The molecular weight excluding hydrogens is 709 g/mol. The molecule has 0 aliphatic heterocycles. The van der Waals surface area contributed by atoms with Gasteiger partial charge in [0.15, 0.2) is 5.82 Å². The van der Waals surface area contributed by atoms with Gasteiger partial charge in [-0.1, -0.05) is 108 Å². The van der Waals surface area contributed by atoms with Gasteiger partial charge in [0.2, 0.25) is 0 Å². The summed E-state index contributed by atoms with van der Waals surface area (Å²) in [7, 11) is 0. The van der Waals surface area contributed by atoms with Gasteiger partial charge in [0.1, 0.15) is 23.3 Å². The predicted molar refractivity (Wildman–Crippen MR) is 238 cm³/mol. The van der Waals surface area contributed by atoms with E-state index in [1.54, 1.807) is 0 Å². The minimum absolute atomic E-state index is 0.547. The largest absolute Gasteiger partial charge is 0.308 e. The highest BCUT2D eigenvalue weighted by Crippen LogP contribution is 2.42. The summed E-state index contributed by atoms with van der Waals surface area (Å²) in [6.45, 7) is 12.4. The Labute approximate surface area is 337 Å². The number of para-hydroxylation sites is 2. The molecule has 10 rings (SSSR count). The van der Waals surface area contributed by atoms with Gasteiger partial charge in [0, 0.05) is 27.1 Å². The van der Waals surface area contributed by atoms with E-state index >= 15 is 0 Å². The van der Waals surface area contributed by atoms with Gasteiger partial charge in [0.25, 0.3) is 0 Å². The fourth-order valence-electron chi connectivity index (χ4n) is 9.02. The van der Waals surface area contributed by atoms with Crippen LogP contribution in [0.25, 0.3) is 88.6 Å². The fraction of sp³-hybridized carbons (Fsp3) is 0.115. The molecule has 0 bridgehead atoms. The van der Waals surface area contributed by atoms with E-state index in [0.717, 1.165) is 71.7 Å². The minimum Gasteiger partial charge on any atom is -0.308 e. The Hall–Kier alpha value is -7.36. The van der Waals surface area contributed by atoms with Gasteiger partial charge in [-0.05, 0) is 111 Å². The van der Waals surface area contributed by atoms with Gasteiger partial charge in [-0.2, -0.15) is 5.26 Å². The predicted octanol–water partition coefficient (Wildman–Crippen LogP) is 12.8. The number of rotatable bonds is 5. The quantitative estimate of drug-likeness (QED) is 0.176. The second kappa shape index (κ2) is 13.4. The average molecular weight is 749 g/mol. The van der Waals surface area contributed by atoms with E-state index < -0.39 is 0 Å². The number of hydrogen-bond acceptors (Lipinski definition) is 4. The summed E-state index contributed by atoms with van der Waals surface area (Å²) in [5.74, 6) is 1.84. The number of nitrogens with zero attached hydrogens (tertiary/aromatic N) is 6. The molecule has 0 amide bonds. The van der Waals surface area contributed by atoms with Gasteiger partial charge in [-0.3, -0.25) is 0 Å². The molecule has 0 aliphatic carbocycles. The molecule has 7 aromatic carbocycles. The lowest BCUT2D eigenvalue weighted by Crippen LogP contribution is -2.07. The highest BCUT2D eigenvalue weighted by atomic mass is 15.0. The first-order valence-electron chi connectivity index (χ1n) is 19.7. The lowest BCUT2D eigenvalue weighted by atomic mass is 9.97. The molecule has 0 spiro atoms. The summed E-state index contributed by atoms with van der Waals surface area (Å²) in [6.07, 6.45) is 0. The Kier molecular flexibility index (Phi) is 8.10. The number of aromatic nitrogens is 5. The Morgan fingerprint density at radius 2 is 0.879 bits per heavy atom. The van der Waals surface area contributed by atoms with Crippen molar-refractivity contribution in [2.24, 2.45) is 0 Å². The molecule has 3 aromatic heterocycles. The van der Waals surface area contributed by atoms with Gasteiger partial charge in [0.05, 0.1) is 33.4 Å². The zero-order chi connectivity index (χ0) is 39.8. The second-order valence-corrected chi connectivity index (χ2v) is 15.6. The molecular formula is C52H40N6. The molecule has 0 atom stereocenters. The molecule has 0 saturated carbocycles. The number of hydrogen-bond donors (Lipinski definition) is 0. The summed E-state index contributed by atoms with van der Waals surface area (Å²) < 4.78 is 4.53. The van der Waals surface area contributed by atoms with E-state index in [4.69, 9.17) is 9.97 Å². The molecule has 0 unspecified atom stereocenters. The Morgan fingerprint density at radius 1 is 0.431 bits per heavy atom. The molecule has 3 heterocycles. The lowest BCUT2D eigenvalue weighted by Gasteiger charge is -2.18. The van der Waals surface area contributed by atoms with Crippen LogP contribution in [0.1, 0.15) is 39.5 Å². The highest BCUT2D eigenvalue weighted by Gasteiger charge is 2.24. The van der Waals surface area contributed by atoms with Crippen molar-refractivity contribution < 1.29 is 0 Å². The number of aryl methyl sites for hydroxylation is 6. The van der Waals surface area contributed by atoms with Crippen LogP contribution in [0.5, 0.6) is 0 Å². The number of benzene rings is 7. The first-order chi connectivity index (χ1) is 28.2. The van der Waals surface area contributed by atoms with E-state index in [2.05, 4.69) is 181 Å². The topological polar surface area (TPSA) is 72.3 Å². The van der Waals surface area contributed by atoms with Crippen LogP contribution in [-0.2, 0) is 0 Å². The molecule has 0 aliphatic rings. The van der Waals surface area contributed by atoms with Crippen LogP contribution in [0.4, 0.5) is 0 Å². The molecule has 10 aromatic rings. The first kappa shape index (κ1) is 35.1. The van der Waals surface area contributed by atoms with Crippen LogP contribution in [0, 0.1) is 52.9 Å². The van der Waals surface area contributed by atoms with Crippen molar-refractivity contribution in [2.45, 2.75) is 41.5 Å². The van der Waals surface area contributed by atoms with Gasteiger partial charge in [-0.15, -0.1) is 0 Å². The summed E-state index contributed by atoms with van der Waals surface area (Å²) >= 11 is 0. The summed E-state index contributed by atoms with van der Waals surface area (Å²) in [6, 6.07) is 50.5. The normalized spacial score (nSPS) is 11.6. The average Bonchev–Trinajstić information content (AvgIpc) is 3.72. The third-order valence-corrected chi connectivity index (χ3v) is 11.5. The molecule has 6 nitrogen and oxygen atoms in total. The Bertz CT molecular complexity index is 3160. The monoisotopic (exact) mass is 748 g/mol. The molecule has 0 saturated heterocycles. The van der Waals surface area contributed by atoms with Crippen molar-refractivity contribution in [3.63, 3.8) is 0 Å². The van der Waals surface area contributed by atoms with E-state index in [1.165, 1.54) is 33.4 Å². The van der Waals surface area contributed by atoms with Gasteiger partial charge < -0.3 is 9.13 Å². The Morgan fingerprint density at radius 3 is 1.33 bits per heavy atom. The third-order valence-electron chi connectivity index (χ3n) is 11.5. The zero-order valence-electron chi connectivity index (χ0n) is 33.4. The fourth-order valence-corrected chi connectivity index (χ4v) is 9.02. The van der Waals surface area contributed by atoms with Crippen LogP contribution >= 0.6 is 0 Å². The molecule has 6 heteroatoms. The van der Waals surface area contributed by atoms with Crippen molar-refractivity contribution in [1.82, 2.24) is 24.1 Å². The Balaban J connectivity index is 1.34. The minimum atomic E-state index is 0.547. The maximum atomic E-state index is 11.5. The maximum Gasteiger partial charge on any atom is 0.163 e. The highest BCUT2D eigenvalue weighted by molar-refractivity contribution is 6.12. The summed E-state index contributed by atoms with van der Waals surface area (Å²) in [5.41, 5.74) is 16.4. The van der Waals surface area contributed by atoms with E-state index in [1.807, 2.05) is 13.8 Å². The third kappa shape index (κ3) is 5.58. The molecule has 278 valence electrons. The molecule has 58 heavy (non-hydrogen) atoms. The van der Waals surface area contributed by atoms with Crippen molar-refractivity contribution in [3.8, 4) is 51.1 Å². The summed E-state index contributed by atoms with van der Waals surface area (Å²) in [5, 5.41) is 16.0. The molecule has 0 radical (unpaired) electrons. The molecule has 0 fully saturated rings. The standard InChI is InChI=1S/C52H40N6/c1-30-15-19-39(32(3)23-30)36-17-21-43-41-11-7-9-13-46(41)57(48(43)25-36)50-27-38(52-55-34(5)54-35(6)56-52)28-51(45(50)29-53)58-47-14-10-8-12-42(47)44-22-18-37(26-49(44)58)40-20-16-31(2)24-33(40)4/h7-28H,1-6H3. The molecule has 0 N–H and O–H groups in total. The first-order valence-corrected chi connectivity index (χ1v) is 19.7. The van der Waals surface area contributed by atoms with E-state index in [9.17, 15) is 5.26 Å². The van der Waals surface area contributed by atoms with Gasteiger partial charge in [-0.25, -0.2) is 15.0 Å². The smallest absolute Gasteiger partial charge is 0.163 e. The van der Waals surface area contributed by atoms with Crippen molar-refractivity contribution in [1.29, 1.82) is 5.26 Å². The zero-order valence-corrected chi connectivity index (χ0v) is 33.4. The van der Waals surface area contributed by atoms with Crippen molar-refractivity contribution in [3.05, 3.63) is 173 Å². The summed E-state index contributed by atoms with van der Waals surface area (Å²) in [4.78, 5) is 14.3. The van der Waals surface area contributed by atoms with E-state index in [0.29, 0.717) is 23.0 Å². The second-order valence-electron chi connectivity index (χ2n) is 15.6. The van der Waals surface area contributed by atoms with Crippen molar-refractivity contribution >= 4 is 43.6 Å². The number of fused-ring (bicyclic) bond motifs is 6. The van der Waals surface area contributed by atoms with Crippen LogP contribution in [-0.4, -0.2) is 24.1 Å². The van der Waals surface area contributed by atoms with Crippen LogP contribution in [0.15, 0.2) is 133 Å². The maximum absolute atomic E-state index is 11.5. The van der Waals surface area contributed by atoms with Crippen LogP contribution in [0.2, 0.25) is 0 Å². The van der Waals surface area contributed by atoms with Crippen LogP contribution in [0.3, 0.4) is 0 Å².